The van der Waals surface area contributed by atoms with E-state index >= 15 is 0 Å². The van der Waals surface area contributed by atoms with Crippen LogP contribution < -0.4 is 0 Å². The van der Waals surface area contributed by atoms with Crippen LogP contribution >= 0.6 is 0 Å². The lowest BCUT2D eigenvalue weighted by molar-refractivity contribution is 0.832. The molecule has 0 rings (SSSR count). The van der Waals surface area contributed by atoms with Crippen LogP contribution in [0.25, 0.3) is 0 Å². The van der Waals surface area contributed by atoms with E-state index in [0.717, 1.165) is 16.6 Å². The molecule has 84 valence electrons. The van der Waals surface area contributed by atoms with Crippen LogP contribution in [-0.2, 0) is 0 Å². The van der Waals surface area contributed by atoms with Gasteiger partial charge in [-0.25, -0.2) is 0 Å². The first-order valence-electron chi connectivity index (χ1n) is 5.91. The highest BCUT2D eigenvalue weighted by molar-refractivity contribution is 6.88. The molecule has 0 heterocycles. The molecule has 0 nitrogen and oxygen atoms in total. The normalized spacial score (nSPS) is 12.8. The van der Waals surface area contributed by atoms with E-state index in [1.165, 1.54) is 5.57 Å². The van der Waals surface area contributed by atoms with Crippen LogP contribution in [0.2, 0.25) is 16.6 Å². The zero-order valence-electron chi connectivity index (χ0n) is 11.3. The molecule has 0 unspecified atom stereocenters. The Morgan fingerprint density at radius 1 is 0.786 bits per heavy atom. The van der Waals surface area contributed by atoms with Crippen LogP contribution in [0.1, 0.15) is 55.4 Å². The number of hydrogen-bond donors (Lipinski definition) is 0. The summed E-state index contributed by atoms with van der Waals surface area (Å²) in [5, 5.41) is 0. The van der Waals surface area contributed by atoms with Crippen molar-refractivity contribution in [3.05, 3.63) is 11.3 Å². The van der Waals surface area contributed by atoms with Crippen molar-refractivity contribution in [3.8, 4) is 0 Å². The molecule has 0 radical (unpaired) electrons. The average molecular weight is 212 g/mol. The fraction of sp³-hybridized carbons (Fsp3) is 0.846. The Balaban J connectivity index is 5.28. The quantitative estimate of drug-likeness (QED) is 0.564. The van der Waals surface area contributed by atoms with E-state index in [2.05, 4.69) is 61.1 Å². The predicted molar refractivity (Wildman–Crippen MR) is 70.5 cm³/mol. The Morgan fingerprint density at radius 2 is 1.07 bits per heavy atom. The Hall–Kier alpha value is -0.0431. The molecule has 0 N–H and O–H groups in total. The smallest absolute Gasteiger partial charge is 0.0852 e. The minimum atomic E-state index is -1.25. The van der Waals surface area contributed by atoms with Crippen LogP contribution in [0, 0.1) is 0 Å². The third kappa shape index (κ3) is 2.72. The maximum atomic E-state index is 2.63. The third-order valence-corrected chi connectivity index (χ3v) is 10.6. The molecule has 0 atom stereocenters. The molecular weight excluding hydrogens is 184 g/mol. The first-order valence-corrected chi connectivity index (χ1v) is 8.22. The molecule has 0 aliphatic carbocycles. The Morgan fingerprint density at radius 3 is 1.14 bits per heavy atom. The van der Waals surface area contributed by atoms with E-state index in [4.69, 9.17) is 0 Å². The summed E-state index contributed by atoms with van der Waals surface area (Å²) in [5.74, 6) is 0. The van der Waals surface area contributed by atoms with E-state index in [1.54, 1.807) is 0 Å². The highest BCUT2D eigenvalue weighted by atomic mass is 28.3. The van der Waals surface area contributed by atoms with Gasteiger partial charge in [-0.05, 0) is 30.5 Å². The summed E-state index contributed by atoms with van der Waals surface area (Å²) in [7, 11) is -1.25. The molecule has 0 amide bonds. The van der Waals surface area contributed by atoms with Gasteiger partial charge in [-0.15, -0.1) is 0 Å². The molecule has 0 aromatic rings. The number of allylic oxidation sites excluding steroid dienone is 1. The van der Waals surface area contributed by atoms with E-state index in [1.807, 2.05) is 0 Å². The van der Waals surface area contributed by atoms with Crippen molar-refractivity contribution in [2.75, 3.05) is 0 Å². The Kier molecular flexibility index (Phi) is 5.14. The van der Waals surface area contributed by atoms with Gasteiger partial charge in [0.25, 0.3) is 0 Å². The summed E-state index contributed by atoms with van der Waals surface area (Å²) >= 11 is 0. The van der Waals surface area contributed by atoms with Crippen molar-refractivity contribution < 1.29 is 0 Å². The van der Waals surface area contributed by atoms with Gasteiger partial charge >= 0.3 is 0 Å². The van der Waals surface area contributed by atoms with Crippen molar-refractivity contribution >= 4 is 8.07 Å². The summed E-state index contributed by atoms with van der Waals surface area (Å²) in [6, 6.07) is 0. The topological polar surface area (TPSA) is 0 Å². The van der Waals surface area contributed by atoms with Crippen LogP contribution in [0.5, 0.6) is 0 Å². The fourth-order valence-electron chi connectivity index (χ4n) is 3.00. The first kappa shape index (κ1) is 14.0. The van der Waals surface area contributed by atoms with Gasteiger partial charge < -0.3 is 0 Å². The summed E-state index contributed by atoms with van der Waals surface area (Å²) in [6.07, 6.45) is 0. The van der Waals surface area contributed by atoms with Crippen molar-refractivity contribution in [3.63, 3.8) is 0 Å². The molecule has 0 bridgehead atoms. The lowest BCUT2D eigenvalue weighted by Crippen LogP contribution is -2.42. The number of hydrogen-bond acceptors (Lipinski definition) is 0. The minimum absolute atomic E-state index is 0.845. The standard InChI is InChI=1S/C13H28Si/c1-10(2)9-14(11(3)4,12(5)6)13(7)8/h9,11-13H,1-8H3. The van der Waals surface area contributed by atoms with Crippen molar-refractivity contribution in [1.29, 1.82) is 0 Å². The van der Waals surface area contributed by atoms with Gasteiger partial charge in [0.05, 0.1) is 8.07 Å². The lowest BCUT2D eigenvalue weighted by Gasteiger charge is -2.41. The maximum Gasteiger partial charge on any atom is 0.0852 e. The molecule has 1 heteroatoms. The van der Waals surface area contributed by atoms with Crippen LogP contribution in [0.3, 0.4) is 0 Å². The molecule has 0 spiro atoms. The van der Waals surface area contributed by atoms with E-state index in [9.17, 15) is 0 Å². The van der Waals surface area contributed by atoms with Crippen LogP contribution in [0.4, 0.5) is 0 Å². The zero-order chi connectivity index (χ0) is 11.5. The fourth-order valence-corrected chi connectivity index (χ4v) is 9.00. The van der Waals surface area contributed by atoms with Crippen molar-refractivity contribution in [1.82, 2.24) is 0 Å². The highest BCUT2D eigenvalue weighted by Gasteiger charge is 2.40. The second-order valence-corrected chi connectivity index (χ2v) is 11.4. The largest absolute Gasteiger partial charge is 0.0948 e. The Labute approximate surface area is 91.8 Å². The second kappa shape index (κ2) is 5.15. The molecule has 0 saturated heterocycles. The van der Waals surface area contributed by atoms with E-state index in [0.29, 0.717) is 0 Å². The molecule has 0 saturated carbocycles. The third-order valence-electron chi connectivity index (χ3n) is 3.54. The highest BCUT2D eigenvalue weighted by Crippen LogP contribution is 2.42. The monoisotopic (exact) mass is 212 g/mol. The minimum Gasteiger partial charge on any atom is -0.0948 e. The SMILES string of the molecule is CC(C)=C[Si](C(C)C)(C(C)C)C(C)C. The van der Waals surface area contributed by atoms with Gasteiger partial charge in [0, 0.05) is 0 Å². The van der Waals surface area contributed by atoms with E-state index < -0.39 is 8.07 Å². The molecule has 0 aromatic heterocycles. The Bertz CT molecular complexity index is 174. The van der Waals surface area contributed by atoms with Crippen LogP contribution in [0.15, 0.2) is 11.3 Å². The van der Waals surface area contributed by atoms with Gasteiger partial charge in [-0.3, -0.25) is 0 Å². The van der Waals surface area contributed by atoms with Crippen LogP contribution in [-0.4, -0.2) is 8.07 Å². The van der Waals surface area contributed by atoms with Gasteiger partial charge in [0.15, 0.2) is 0 Å². The number of rotatable bonds is 4. The summed E-state index contributed by atoms with van der Waals surface area (Å²) < 4.78 is 0. The second-order valence-electron chi connectivity index (χ2n) is 5.69. The molecule has 0 aromatic carbocycles. The molecule has 0 aliphatic rings. The van der Waals surface area contributed by atoms with Crippen molar-refractivity contribution in [2.45, 2.75) is 72.0 Å². The summed E-state index contributed by atoms with van der Waals surface area (Å²) in [4.78, 5) is 0. The maximum absolute atomic E-state index is 2.63. The van der Waals surface area contributed by atoms with Gasteiger partial charge in [0.2, 0.25) is 0 Å². The van der Waals surface area contributed by atoms with Gasteiger partial charge in [-0.2, -0.15) is 0 Å². The predicted octanol–water partition coefficient (Wildman–Crippen LogP) is 5.17. The molecule has 14 heavy (non-hydrogen) atoms. The van der Waals surface area contributed by atoms with Crippen molar-refractivity contribution in [2.24, 2.45) is 0 Å². The molecule has 0 fully saturated rings. The lowest BCUT2D eigenvalue weighted by atomic mass is 10.4. The average Bonchev–Trinajstić information content (AvgIpc) is 1.97. The van der Waals surface area contributed by atoms with Gasteiger partial charge in [0.1, 0.15) is 0 Å². The molecular formula is C13H28Si. The first-order chi connectivity index (χ1) is 6.25. The summed E-state index contributed by atoms with van der Waals surface area (Å²) in [6.45, 7) is 18.9. The summed E-state index contributed by atoms with van der Waals surface area (Å²) in [5.41, 5.74) is 6.67. The molecule has 0 aliphatic heterocycles. The van der Waals surface area contributed by atoms with Gasteiger partial charge in [-0.1, -0.05) is 52.8 Å². The zero-order valence-corrected chi connectivity index (χ0v) is 12.3. The van der Waals surface area contributed by atoms with E-state index in [-0.39, 0.29) is 0 Å².